The zero-order chi connectivity index (χ0) is 15.8. The standard InChI is InChI=1S/C17H25BrN2O2/c1-19-13-14-7-9-20(10-8-14)17(21)6-3-11-22-16-5-2-4-15(18)12-16/h2,4-5,12,14,19H,3,6-11,13H2,1H3. The summed E-state index contributed by atoms with van der Waals surface area (Å²) in [5.41, 5.74) is 0. The first-order valence-electron chi connectivity index (χ1n) is 8.00. The van der Waals surface area contributed by atoms with E-state index >= 15 is 0 Å². The van der Waals surface area contributed by atoms with Crippen LogP contribution in [0.5, 0.6) is 5.75 Å². The molecule has 0 saturated carbocycles. The maximum atomic E-state index is 12.2. The summed E-state index contributed by atoms with van der Waals surface area (Å²) in [4.78, 5) is 14.2. The molecule has 0 spiro atoms. The SMILES string of the molecule is CNCC1CCN(C(=O)CCCOc2cccc(Br)c2)CC1. The van der Waals surface area contributed by atoms with Gasteiger partial charge in [-0.15, -0.1) is 0 Å². The van der Waals surface area contributed by atoms with Crippen molar-refractivity contribution in [1.29, 1.82) is 0 Å². The summed E-state index contributed by atoms with van der Waals surface area (Å²) in [6.07, 6.45) is 3.56. The topological polar surface area (TPSA) is 41.6 Å². The Morgan fingerprint density at radius 2 is 2.18 bits per heavy atom. The third kappa shape index (κ3) is 5.61. The normalized spacial score (nSPS) is 15.8. The van der Waals surface area contributed by atoms with Crippen molar-refractivity contribution in [1.82, 2.24) is 10.2 Å². The molecule has 1 aromatic carbocycles. The van der Waals surface area contributed by atoms with Gasteiger partial charge < -0.3 is 15.0 Å². The molecule has 0 aliphatic carbocycles. The van der Waals surface area contributed by atoms with E-state index in [4.69, 9.17) is 4.74 Å². The summed E-state index contributed by atoms with van der Waals surface area (Å²) in [7, 11) is 1.99. The molecule has 4 nitrogen and oxygen atoms in total. The van der Waals surface area contributed by atoms with Crippen molar-refractivity contribution in [3.8, 4) is 5.75 Å². The Morgan fingerprint density at radius 3 is 2.86 bits per heavy atom. The molecule has 1 N–H and O–H groups in total. The van der Waals surface area contributed by atoms with Gasteiger partial charge in [-0.3, -0.25) is 4.79 Å². The quantitative estimate of drug-likeness (QED) is 0.752. The summed E-state index contributed by atoms with van der Waals surface area (Å²) in [5, 5.41) is 3.22. The lowest BCUT2D eigenvalue weighted by Crippen LogP contribution is -2.40. The minimum atomic E-state index is 0.265. The van der Waals surface area contributed by atoms with Crippen molar-refractivity contribution >= 4 is 21.8 Å². The number of amides is 1. The fourth-order valence-electron chi connectivity index (χ4n) is 2.80. The monoisotopic (exact) mass is 368 g/mol. The largest absolute Gasteiger partial charge is 0.494 e. The third-order valence-electron chi connectivity index (χ3n) is 4.06. The zero-order valence-electron chi connectivity index (χ0n) is 13.2. The predicted molar refractivity (Wildman–Crippen MR) is 92.1 cm³/mol. The minimum absolute atomic E-state index is 0.265. The van der Waals surface area contributed by atoms with Crippen LogP contribution in [0, 0.1) is 5.92 Å². The lowest BCUT2D eigenvalue weighted by atomic mass is 9.96. The number of piperidine rings is 1. The fraction of sp³-hybridized carbons (Fsp3) is 0.588. The second kappa shape index (κ2) is 9.16. The number of ether oxygens (including phenoxy) is 1. The number of halogens is 1. The maximum absolute atomic E-state index is 12.2. The van der Waals surface area contributed by atoms with E-state index in [1.165, 1.54) is 0 Å². The molecular formula is C17H25BrN2O2. The number of nitrogens with one attached hydrogen (secondary N) is 1. The number of rotatable bonds is 7. The average molecular weight is 369 g/mol. The van der Waals surface area contributed by atoms with E-state index in [0.717, 1.165) is 49.1 Å². The highest BCUT2D eigenvalue weighted by Crippen LogP contribution is 2.19. The molecule has 0 bridgehead atoms. The summed E-state index contributed by atoms with van der Waals surface area (Å²) >= 11 is 3.42. The van der Waals surface area contributed by atoms with Crippen molar-refractivity contribution in [3.05, 3.63) is 28.7 Å². The molecule has 0 atom stereocenters. The van der Waals surface area contributed by atoms with Crippen LogP contribution in [0.25, 0.3) is 0 Å². The van der Waals surface area contributed by atoms with Gasteiger partial charge in [-0.1, -0.05) is 22.0 Å². The Bertz CT molecular complexity index is 473. The number of likely N-dealkylation sites (tertiary alicyclic amines) is 1. The lowest BCUT2D eigenvalue weighted by Gasteiger charge is -2.32. The van der Waals surface area contributed by atoms with Crippen molar-refractivity contribution in [2.75, 3.05) is 33.3 Å². The Labute approximate surface area is 141 Å². The van der Waals surface area contributed by atoms with Crippen LogP contribution in [0.3, 0.4) is 0 Å². The molecule has 0 unspecified atom stereocenters. The molecule has 1 aliphatic heterocycles. The smallest absolute Gasteiger partial charge is 0.222 e. The molecule has 1 aromatic rings. The first-order valence-corrected chi connectivity index (χ1v) is 8.79. The summed E-state index contributed by atoms with van der Waals surface area (Å²) in [5.74, 6) is 1.82. The molecule has 5 heteroatoms. The molecule has 2 rings (SSSR count). The van der Waals surface area contributed by atoms with Crippen LogP contribution in [-0.2, 0) is 4.79 Å². The number of carbonyl (C=O) groups excluding carboxylic acids is 1. The van der Waals surface area contributed by atoms with Gasteiger partial charge in [0, 0.05) is 24.0 Å². The average Bonchev–Trinajstić information content (AvgIpc) is 2.52. The highest BCUT2D eigenvalue weighted by molar-refractivity contribution is 9.10. The van der Waals surface area contributed by atoms with E-state index in [0.29, 0.717) is 18.9 Å². The molecule has 0 aromatic heterocycles. The maximum Gasteiger partial charge on any atom is 0.222 e. The van der Waals surface area contributed by atoms with E-state index in [-0.39, 0.29) is 5.91 Å². The van der Waals surface area contributed by atoms with Gasteiger partial charge in [-0.05, 0) is 57.0 Å². The number of hydrogen-bond donors (Lipinski definition) is 1. The van der Waals surface area contributed by atoms with Crippen LogP contribution in [0.15, 0.2) is 28.7 Å². The second-order valence-corrected chi connectivity index (χ2v) is 6.71. The summed E-state index contributed by atoms with van der Waals surface area (Å²) in [6.45, 7) is 3.44. The molecule has 22 heavy (non-hydrogen) atoms. The van der Waals surface area contributed by atoms with E-state index in [1.54, 1.807) is 0 Å². The highest BCUT2D eigenvalue weighted by Gasteiger charge is 2.21. The number of carbonyl (C=O) groups is 1. The van der Waals surface area contributed by atoms with Gasteiger partial charge in [0.1, 0.15) is 5.75 Å². The highest BCUT2D eigenvalue weighted by atomic mass is 79.9. The Balaban J connectivity index is 1.62. The third-order valence-corrected chi connectivity index (χ3v) is 4.55. The molecule has 1 saturated heterocycles. The second-order valence-electron chi connectivity index (χ2n) is 5.79. The van der Waals surface area contributed by atoms with Gasteiger partial charge in [0.25, 0.3) is 0 Å². The fourth-order valence-corrected chi connectivity index (χ4v) is 3.18. The number of nitrogens with zero attached hydrogens (tertiary/aromatic N) is 1. The Morgan fingerprint density at radius 1 is 1.41 bits per heavy atom. The summed E-state index contributed by atoms with van der Waals surface area (Å²) in [6, 6.07) is 7.78. The van der Waals surface area contributed by atoms with Crippen LogP contribution in [0.2, 0.25) is 0 Å². The van der Waals surface area contributed by atoms with Crippen molar-refractivity contribution in [2.45, 2.75) is 25.7 Å². The zero-order valence-corrected chi connectivity index (χ0v) is 14.8. The van der Waals surface area contributed by atoms with Crippen LogP contribution < -0.4 is 10.1 Å². The van der Waals surface area contributed by atoms with Crippen molar-refractivity contribution < 1.29 is 9.53 Å². The van der Waals surface area contributed by atoms with Crippen LogP contribution in [0.1, 0.15) is 25.7 Å². The molecular weight excluding hydrogens is 344 g/mol. The lowest BCUT2D eigenvalue weighted by molar-refractivity contribution is -0.132. The van der Waals surface area contributed by atoms with E-state index in [9.17, 15) is 4.79 Å². The van der Waals surface area contributed by atoms with E-state index < -0.39 is 0 Å². The van der Waals surface area contributed by atoms with Gasteiger partial charge in [-0.2, -0.15) is 0 Å². The minimum Gasteiger partial charge on any atom is -0.494 e. The Kier molecular flexibility index (Phi) is 7.19. The summed E-state index contributed by atoms with van der Waals surface area (Å²) < 4.78 is 6.67. The van der Waals surface area contributed by atoms with Gasteiger partial charge in [0.2, 0.25) is 5.91 Å². The van der Waals surface area contributed by atoms with Gasteiger partial charge >= 0.3 is 0 Å². The molecule has 1 heterocycles. The van der Waals surface area contributed by atoms with Crippen LogP contribution in [0.4, 0.5) is 0 Å². The molecule has 1 aliphatic rings. The van der Waals surface area contributed by atoms with Crippen LogP contribution >= 0.6 is 15.9 Å². The van der Waals surface area contributed by atoms with Crippen molar-refractivity contribution in [2.24, 2.45) is 5.92 Å². The first-order chi connectivity index (χ1) is 10.7. The molecule has 0 radical (unpaired) electrons. The first kappa shape index (κ1) is 17.3. The van der Waals surface area contributed by atoms with Gasteiger partial charge in [-0.25, -0.2) is 0 Å². The molecule has 1 amide bonds. The van der Waals surface area contributed by atoms with Gasteiger partial charge in [0.05, 0.1) is 6.61 Å². The van der Waals surface area contributed by atoms with Gasteiger partial charge in [0.15, 0.2) is 0 Å². The van der Waals surface area contributed by atoms with Crippen LogP contribution in [-0.4, -0.2) is 44.1 Å². The molecule has 1 fully saturated rings. The number of benzene rings is 1. The number of hydrogen-bond acceptors (Lipinski definition) is 3. The van der Waals surface area contributed by atoms with Crippen molar-refractivity contribution in [3.63, 3.8) is 0 Å². The van der Waals surface area contributed by atoms with E-state index in [2.05, 4.69) is 21.2 Å². The van der Waals surface area contributed by atoms with E-state index in [1.807, 2.05) is 36.2 Å². The predicted octanol–water partition coefficient (Wildman–Crippen LogP) is 3.07. The Hall–Kier alpha value is -1.07. The molecule has 122 valence electrons.